The van der Waals surface area contributed by atoms with Crippen molar-refractivity contribution in [2.24, 2.45) is 11.8 Å². The predicted octanol–water partition coefficient (Wildman–Crippen LogP) is 9.10. The Morgan fingerprint density at radius 2 is 1.16 bits per heavy atom. The first-order valence-corrected chi connectivity index (χ1v) is 11.6. The number of hydrogen-bond acceptors (Lipinski definition) is 0. The van der Waals surface area contributed by atoms with Crippen LogP contribution in [0.15, 0.2) is 35.9 Å². The number of aryl methyl sites for hydroxylation is 2. The first-order valence-electron chi connectivity index (χ1n) is 11.6. The highest BCUT2D eigenvalue weighted by molar-refractivity contribution is 5.64. The van der Waals surface area contributed by atoms with Crippen molar-refractivity contribution >= 4 is 12.2 Å². The smallest absolute Gasteiger partial charge is 0.0133 e. The molecule has 0 aliphatic rings. The van der Waals surface area contributed by atoms with Crippen LogP contribution in [0.1, 0.15) is 76.4 Å². The standard InChI is InChI=1S/C31H42/c1-18(13-14-30-15-19(2)24(7)26(9)28(30)11)22(5)23(6)20(3)16-31-17-21(4)25(8)27(10)29(31)12/h13-18,22H,6H2,1-5,7-12H3. The highest BCUT2D eigenvalue weighted by Gasteiger charge is 2.15. The summed E-state index contributed by atoms with van der Waals surface area (Å²) < 4.78 is 0. The fourth-order valence-electron chi connectivity index (χ4n) is 4.23. The monoisotopic (exact) mass is 414 g/mol. The molecule has 0 heterocycles. The van der Waals surface area contributed by atoms with Crippen LogP contribution < -0.4 is 0 Å². The summed E-state index contributed by atoms with van der Waals surface area (Å²) in [5, 5.41) is 0. The van der Waals surface area contributed by atoms with Gasteiger partial charge < -0.3 is 0 Å². The molecule has 31 heavy (non-hydrogen) atoms. The van der Waals surface area contributed by atoms with Gasteiger partial charge in [0.2, 0.25) is 0 Å². The van der Waals surface area contributed by atoms with Gasteiger partial charge in [-0.1, -0.05) is 50.8 Å². The Hall–Kier alpha value is -2.34. The normalized spacial score (nSPS) is 14.2. The zero-order chi connectivity index (χ0) is 23.6. The molecule has 2 aromatic rings. The van der Waals surface area contributed by atoms with Crippen molar-refractivity contribution in [3.63, 3.8) is 0 Å². The molecule has 0 saturated carbocycles. The second-order valence-corrected chi connectivity index (χ2v) is 9.67. The maximum absolute atomic E-state index is 4.47. The molecule has 0 heteroatoms. The number of benzene rings is 2. The van der Waals surface area contributed by atoms with Gasteiger partial charge in [-0.05, 0) is 141 Å². The Balaban J connectivity index is 2.25. The third-order valence-electron chi connectivity index (χ3n) is 7.84. The summed E-state index contributed by atoms with van der Waals surface area (Å²) >= 11 is 0. The molecule has 0 aliphatic carbocycles. The average molecular weight is 415 g/mol. The van der Waals surface area contributed by atoms with Crippen LogP contribution in [0.5, 0.6) is 0 Å². The van der Waals surface area contributed by atoms with Crippen molar-refractivity contribution in [2.75, 3.05) is 0 Å². The second-order valence-electron chi connectivity index (χ2n) is 9.67. The summed E-state index contributed by atoms with van der Waals surface area (Å²) in [6.07, 6.45) is 6.98. The van der Waals surface area contributed by atoms with Crippen LogP contribution in [-0.4, -0.2) is 0 Å². The van der Waals surface area contributed by atoms with Gasteiger partial charge in [-0.2, -0.15) is 0 Å². The summed E-state index contributed by atoms with van der Waals surface area (Å²) in [6, 6.07) is 4.63. The van der Waals surface area contributed by atoms with Crippen molar-refractivity contribution in [2.45, 2.75) is 76.2 Å². The van der Waals surface area contributed by atoms with E-state index >= 15 is 0 Å². The van der Waals surface area contributed by atoms with Crippen LogP contribution >= 0.6 is 0 Å². The fourth-order valence-corrected chi connectivity index (χ4v) is 4.23. The maximum Gasteiger partial charge on any atom is -0.0133 e. The van der Waals surface area contributed by atoms with Crippen LogP contribution in [0.3, 0.4) is 0 Å². The van der Waals surface area contributed by atoms with E-state index in [9.17, 15) is 0 Å². The number of hydrogen-bond donors (Lipinski definition) is 0. The van der Waals surface area contributed by atoms with Gasteiger partial charge in [-0.25, -0.2) is 0 Å². The van der Waals surface area contributed by atoms with Gasteiger partial charge in [0.05, 0.1) is 0 Å². The van der Waals surface area contributed by atoms with Crippen molar-refractivity contribution in [3.05, 3.63) is 91.6 Å². The topological polar surface area (TPSA) is 0 Å². The van der Waals surface area contributed by atoms with Gasteiger partial charge in [-0.3, -0.25) is 0 Å². The van der Waals surface area contributed by atoms with Crippen LogP contribution in [0.2, 0.25) is 0 Å². The Morgan fingerprint density at radius 1 is 0.710 bits per heavy atom. The van der Waals surface area contributed by atoms with Crippen LogP contribution in [0, 0.1) is 67.2 Å². The summed E-state index contributed by atoms with van der Waals surface area (Å²) in [5.41, 5.74) is 16.2. The molecule has 0 aromatic heterocycles. The molecule has 0 saturated heterocycles. The second kappa shape index (κ2) is 9.86. The Kier molecular flexibility index (Phi) is 7.93. The van der Waals surface area contributed by atoms with Crippen molar-refractivity contribution in [1.29, 1.82) is 0 Å². The molecule has 0 nitrogen and oxygen atoms in total. The molecule has 2 rings (SSSR count). The van der Waals surface area contributed by atoms with Crippen LogP contribution in [-0.2, 0) is 0 Å². The highest BCUT2D eigenvalue weighted by Crippen LogP contribution is 2.30. The lowest BCUT2D eigenvalue weighted by molar-refractivity contribution is 0.538. The molecular weight excluding hydrogens is 372 g/mol. The quantitative estimate of drug-likeness (QED) is 0.413. The van der Waals surface area contributed by atoms with Gasteiger partial charge in [0.15, 0.2) is 0 Å². The zero-order valence-corrected chi connectivity index (χ0v) is 21.7. The van der Waals surface area contributed by atoms with Crippen molar-refractivity contribution in [3.8, 4) is 0 Å². The van der Waals surface area contributed by atoms with E-state index in [0.29, 0.717) is 11.8 Å². The molecule has 0 amide bonds. The minimum Gasteiger partial charge on any atom is -0.0953 e. The zero-order valence-electron chi connectivity index (χ0n) is 21.7. The summed E-state index contributed by atoms with van der Waals surface area (Å²) in [7, 11) is 0. The van der Waals surface area contributed by atoms with Crippen molar-refractivity contribution in [1.82, 2.24) is 0 Å². The van der Waals surface area contributed by atoms with Gasteiger partial charge in [0, 0.05) is 0 Å². The third kappa shape index (κ3) is 5.29. The largest absolute Gasteiger partial charge is 0.0953 e. The number of allylic oxidation sites excluding steroid dienone is 3. The van der Waals surface area contributed by atoms with E-state index in [2.05, 4.69) is 113 Å². The first-order chi connectivity index (χ1) is 14.4. The SMILES string of the molecule is C=C(C(C)=Cc1cc(C)c(C)c(C)c1C)C(C)C(C)C=Cc1cc(C)c(C)c(C)c1C. The van der Waals surface area contributed by atoms with Gasteiger partial charge in [0.25, 0.3) is 0 Å². The van der Waals surface area contributed by atoms with E-state index in [1.54, 1.807) is 0 Å². The molecule has 0 bridgehead atoms. The minimum absolute atomic E-state index is 0.383. The molecule has 2 atom stereocenters. The molecule has 0 fully saturated rings. The molecule has 2 unspecified atom stereocenters. The molecule has 166 valence electrons. The van der Waals surface area contributed by atoms with Gasteiger partial charge in [-0.15, -0.1) is 0 Å². The van der Waals surface area contributed by atoms with E-state index in [1.807, 2.05) is 0 Å². The summed E-state index contributed by atoms with van der Waals surface area (Å²) in [5.74, 6) is 0.799. The summed E-state index contributed by atoms with van der Waals surface area (Å²) in [6.45, 7) is 29.0. The minimum atomic E-state index is 0.383. The molecule has 0 N–H and O–H groups in total. The maximum atomic E-state index is 4.47. The van der Waals surface area contributed by atoms with Gasteiger partial charge >= 0.3 is 0 Å². The molecule has 0 aliphatic heterocycles. The Morgan fingerprint density at radius 3 is 1.68 bits per heavy atom. The Bertz CT molecular complexity index is 1060. The third-order valence-corrected chi connectivity index (χ3v) is 7.84. The molecule has 0 spiro atoms. The molecule has 2 aromatic carbocycles. The molecular formula is C31H42. The lowest BCUT2D eigenvalue weighted by Gasteiger charge is -2.21. The van der Waals surface area contributed by atoms with Crippen LogP contribution in [0.25, 0.3) is 12.2 Å². The van der Waals surface area contributed by atoms with E-state index in [1.165, 1.54) is 66.8 Å². The van der Waals surface area contributed by atoms with Gasteiger partial charge in [0.1, 0.15) is 0 Å². The lowest BCUT2D eigenvalue weighted by atomic mass is 9.84. The van der Waals surface area contributed by atoms with E-state index in [4.69, 9.17) is 0 Å². The predicted molar refractivity (Wildman–Crippen MR) is 141 cm³/mol. The number of rotatable bonds is 6. The lowest BCUT2D eigenvalue weighted by Crippen LogP contribution is -2.09. The average Bonchev–Trinajstić information content (AvgIpc) is 2.74. The van der Waals surface area contributed by atoms with E-state index in [0.717, 1.165) is 0 Å². The first kappa shape index (κ1) is 24.9. The fraction of sp³-hybridized carbons (Fsp3) is 0.419. The van der Waals surface area contributed by atoms with Crippen molar-refractivity contribution < 1.29 is 0 Å². The summed E-state index contributed by atoms with van der Waals surface area (Å²) in [4.78, 5) is 0. The van der Waals surface area contributed by atoms with E-state index < -0.39 is 0 Å². The van der Waals surface area contributed by atoms with Crippen LogP contribution in [0.4, 0.5) is 0 Å². The Labute approximate surface area is 191 Å². The van der Waals surface area contributed by atoms with E-state index in [-0.39, 0.29) is 0 Å². The highest BCUT2D eigenvalue weighted by atomic mass is 14.2. The molecule has 0 radical (unpaired) electrons.